The second-order valence-corrected chi connectivity index (χ2v) is 16.5. The lowest BCUT2D eigenvalue weighted by molar-refractivity contribution is -0.143. The topological polar surface area (TPSA) is 175 Å². The van der Waals surface area contributed by atoms with Crippen molar-refractivity contribution in [3.05, 3.63) is 78.6 Å². The molecule has 0 amide bonds. The molecule has 1 aliphatic rings. The monoisotopic (exact) mass is 806 g/mol. The van der Waals surface area contributed by atoms with Gasteiger partial charge in [-0.05, 0) is 37.0 Å². The van der Waals surface area contributed by atoms with Gasteiger partial charge in [0.1, 0.15) is 30.7 Å². The van der Waals surface area contributed by atoms with Gasteiger partial charge in [0.15, 0.2) is 22.6 Å². The number of benzene rings is 2. The van der Waals surface area contributed by atoms with Crippen LogP contribution in [-0.4, -0.2) is 70.8 Å². The predicted octanol–water partition coefficient (Wildman–Crippen LogP) is 8.49. The molecule has 5 atom stereocenters. The van der Waals surface area contributed by atoms with Crippen molar-refractivity contribution in [2.45, 2.75) is 134 Å². The molecule has 15 heteroatoms. The molecule has 2 aromatic heterocycles. The van der Waals surface area contributed by atoms with Gasteiger partial charge in [-0.1, -0.05) is 133 Å². The average Bonchev–Trinajstić information content (AvgIpc) is 3.78. The van der Waals surface area contributed by atoms with Crippen LogP contribution in [0.15, 0.2) is 67.0 Å². The fraction of sp³-hybridized carbons (Fsp3) is 0.524. The Morgan fingerprint density at radius 3 is 2.25 bits per heavy atom. The van der Waals surface area contributed by atoms with Gasteiger partial charge in [0.2, 0.25) is 0 Å². The molecule has 57 heavy (non-hydrogen) atoms. The number of imidazole rings is 1. The van der Waals surface area contributed by atoms with Crippen molar-refractivity contribution >= 4 is 30.7 Å². The van der Waals surface area contributed by atoms with Crippen molar-refractivity contribution in [2.75, 3.05) is 12.3 Å². The third-order valence-corrected chi connectivity index (χ3v) is 12.6. The lowest BCUT2D eigenvalue weighted by atomic mass is 9.98. The second-order valence-electron chi connectivity index (χ2n) is 14.7. The minimum absolute atomic E-state index is 0.0145. The van der Waals surface area contributed by atoms with Gasteiger partial charge in [-0.2, -0.15) is 19.0 Å². The maximum Gasteiger partial charge on any atom is 0.462 e. The number of nitrogen functional groups attached to an aromatic ring is 1. The number of anilines is 1. The van der Waals surface area contributed by atoms with Crippen LogP contribution in [0.25, 0.3) is 11.2 Å². The summed E-state index contributed by atoms with van der Waals surface area (Å²) in [4.78, 5) is 25.1. The lowest BCUT2D eigenvalue weighted by Gasteiger charge is -2.41. The molecule has 1 saturated heterocycles. The minimum atomic E-state index is -4.68. The summed E-state index contributed by atoms with van der Waals surface area (Å²) < 4.78 is 52.1. The van der Waals surface area contributed by atoms with Gasteiger partial charge in [0.05, 0.1) is 6.33 Å². The number of nitrogens with two attached hydrogens (primary N) is 1. The number of aliphatic hydroxyl groups is 1. The van der Waals surface area contributed by atoms with E-state index in [1.54, 1.807) is 30.3 Å². The molecule has 2 aromatic carbocycles. The van der Waals surface area contributed by atoms with Gasteiger partial charge in [-0.15, -0.1) is 6.42 Å². The first-order valence-electron chi connectivity index (χ1n) is 20.1. The molecule has 0 aliphatic carbocycles. The van der Waals surface area contributed by atoms with E-state index in [1.165, 1.54) is 15.6 Å². The van der Waals surface area contributed by atoms with E-state index in [1.807, 2.05) is 30.3 Å². The Labute approximate surface area is 334 Å². The van der Waals surface area contributed by atoms with Crippen molar-refractivity contribution in [1.82, 2.24) is 24.2 Å². The highest BCUT2D eigenvalue weighted by Crippen LogP contribution is 2.57. The molecule has 1 fully saturated rings. The van der Waals surface area contributed by atoms with Crippen LogP contribution in [0.4, 0.5) is 10.2 Å². The summed E-state index contributed by atoms with van der Waals surface area (Å²) in [7, 11) is -4.68. The maximum atomic E-state index is 15.9. The normalized spacial score (nSPS) is 19.8. The number of unbranched alkanes of at least 4 members (excludes halogenated alkanes) is 8. The highest BCUT2D eigenvalue weighted by molar-refractivity contribution is 7.51. The van der Waals surface area contributed by atoms with Crippen LogP contribution in [0.5, 0.6) is 5.75 Å². The number of aliphatic hydroxyl groups excluding tert-OH is 1. The molecule has 3 heterocycles. The molecular weight excluding hydrogens is 750 g/mol. The Kier molecular flexibility index (Phi) is 16.0. The number of carboxylic acid groups (broad SMARTS) is 1. The molecule has 2 unspecified atom stereocenters. The number of hydrogen-bond acceptors (Lipinski definition) is 10. The predicted molar refractivity (Wildman–Crippen MR) is 217 cm³/mol. The molecule has 0 saturated carbocycles. The Hall–Kier alpha value is -4.38. The third kappa shape index (κ3) is 11.2. The smallest absolute Gasteiger partial charge is 0.462 e. The number of rotatable bonds is 24. The summed E-state index contributed by atoms with van der Waals surface area (Å²) in [5.74, 6) is 1.36. The molecule has 1 aliphatic heterocycles. The van der Waals surface area contributed by atoms with Crippen molar-refractivity contribution in [1.29, 1.82) is 0 Å². The number of carboxylic acids is 1. The Bertz CT molecular complexity index is 1950. The molecule has 0 bridgehead atoms. The van der Waals surface area contributed by atoms with E-state index in [2.05, 4.69) is 34.7 Å². The van der Waals surface area contributed by atoms with Gasteiger partial charge in [0, 0.05) is 12.5 Å². The number of halogens is 1. The molecule has 0 spiro atoms. The first-order valence-corrected chi connectivity index (χ1v) is 21.6. The highest BCUT2D eigenvalue weighted by Gasteiger charge is 2.53. The molecule has 0 radical (unpaired) electrons. The number of hydrogen-bond donors (Lipinski definition) is 3. The van der Waals surface area contributed by atoms with Gasteiger partial charge in [0.25, 0.3) is 0 Å². The van der Waals surface area contributed by atoms with E-state index in [0.29, 0.717) is 12.8 Å². The minimum Gasteiger partial charge on any atom is -0.480 e. The van der Waals surface area contributed by atoms with Gasteiger partial charge in [-0.25, -0.2) is 9.55 Å². The van der Waals surface area contributed by atoms with Crippen LogP contribution in [0.1, 0.15) is 109 Å². The van der Waals surface area contributed by atoms with Crippen LogP contribution in [0.2, 0.25) is 0 Å². The van der Waals surface area contributed by atoms with Crippen molar-refractivity contribution in [3.8, 4) is 18.1 Å². The second kappa shape index (κ2) is 20.9. The van der Waals surface area contributed by atoms with Crippen LogP contribution < -0.4 is 10.3 Å². The summed E-state index contributed by atoms with van der Waals surface area (Å²) in [6.45, 7) is 3.65. The van der Waals surface area contributed by atoms with Crippen LogP contribution in [0, 0.1) is 18.4 Å². The fourth-order valence-corrected chi connectivity index (χ4v) is 9.59. The van der Waals surface area contributed by atoms with Gasteiger partial charge < -0.3 is 25.2 Å². The number of fused-ring (bicyclic) bond motifs is 1. The Morgan fingerprint density at radius 2 is 1.65 bits per heavy atom. The number of aliphatic carboxylic acids is 1. The highest BCUT2D eigenvalue weighted by atomic mass is 31.2. The zero-order valence-electron chi connectivity index (χ0n) is 32.9. The molecular formula is C42H56FN6O7P. The van der Waals surface area contributed by atoms with Crippen molar-refractivity contribution in [2.24, 2.45) is 0 Å². The van der Waals surface area contributed by atoms with Crippen LogP contribution in [-0.2, 0) is 25.0 Å². The maximum absolute atomic E-state index is 15.9. The molecule has 308 valence electrons. The summed E-state index contributed by atoms with van der Waals surface area (Å²) in [5, 5.41) is 22.6. The molecule has 13 nitrogen and oxygen atoms in total. The number of terminal acetylenes is 1. The first kappa shape index (κ1) is 43.7. The molecule has 5 rings (SSSR count). The lowest BCUT2D eigenvalue weighted by Crippen LogP contribution is -2.49. The van der Waals surface area contributed by atoms with Crippen molar-refractivity contribution in [3.63, 3.8) is 0 Å². The van der Waals surface area contributed by atoms with Crippen molar-refractivity contribution < 1.29 is 37.7 Å². The zero-order valence-corrected chi connectivity index (χ0v) is 33.8. The number of aromatic nitrogens is 4. The van der Waals surface area contributed by atoms with E-state index in [0.717, 1.165) is 69.8 Å². The van der Waals surface area contributed by atoms with E-state index < -0.39 is 56.4 Å². The number of carbonyl (C=O) groups is 1. The molecule has 4 aromatic rings. The Balaban J connectivity index is 1.55. The summed E-state index contributed by atoms with van der Waals surface area (Å²) >= 11 is 0. The van der Waals surface area contributed by atoms with E-state index >= 15 is 4.57 Å². The van der Waals surface area contributed by atoms with E-state index in [9.17, 15) is 19.4 Å². The van der Waals surface area contributed by atoms with E-state index in [-0.39, 0.29) is 35.6 Å². The average molecular weight is 807 g/mol. The van der Waals surface area contributed by atoms with E-state index in [4.69, 9.17) is 25.9 Å². The van der Waals surface area contributed by atoms with Crippen LogP contribution in [0.3, 0.4) is 0 Å². The SMILES string of the molecule is C#C[C@]1(COP(=O)(Oc2ccccc2)N(C(CCCCCCC)CCCCCCC)C(Cc2ccccc2)C(=O)O)O[C@@H](n2cnc3c(N)nc(F)nc32)C[C@@H]1O. The van der Waals surface area contributed by atoms with Gasteiger partial charge in [-0.3, -0.25) is 13.9 Å². The zero-order chi connectivity index (χ0) is 40.8. The fourth-order valence-electron chi connectivity index (χ4n) is 7.41. The number of nitrogens with zero attached hydrogens (tertiary/aromatic N) is 5. The molecule has 4 N–H and O–H groups in total. The summed E-state index contributed by atoms with van der Waals surface area (Å²) in [6, 6.07) is 15.8. The largest absolute Gasteiger partial charge is 0.480 e. The quantitative estimate of drug-likeness (QED) is 0.0267. The standard InChI is InChI=1S/C42H56FN6O7P/c1-4-7-9-11-17-23-32(24-18-12-10-8-5-2)49(34(40(51)52)27-31-21-15-13-16-22-31)57(53,56-33-25-19-14-20-26-33)54-29-42(6-3)35(50)28-36(55-42)48-30-45-37-38(44)46-41(43)47-39(37)48/h3,13-16,19-22,25-26,30,32,34-36,50H,4-5,7-12,17-18,23-24,27-29H2,1-2H3,(H,51,52)(H2,44,46,47)/t34?,35-,36+,42+,57?/m0/s1. The number of ether oxygens (including phenoxy) is 1. The van der Waals surface area contributed by atoms with Crippen LogP contribution >= 0.6 is 7.75 Å². The first-order chi connectivity index (χ1) is 27.5. The number of para-hydroxylation sites is 1. The van der Waals surface area contributed by atoms with Gasteiger partial charge >= 0.3 is 19.8 Å². The summed E-state index contributed by atoms with van der Waals surface area (Å²) in [6.07, 6.45) is 14.8. The summed E-state index contributed by atoms with van der Waals surface area (Å²) in [5.41, 5.74) is 4.88. The third-order valence-electron chi connectivity index (χ3n) is 10.5. The Morgan fingerprint density at radius 1 is 1.04 bits per heavy atom.